The molecule has 0 amide bonds. The van der Waals surface area contributed by atoms with Crippen molar-refractivity contribution in [2.24, 2.45) is 0 Å². The molecule has 3 unspecified atom stereocenters. The molecule has 0 aromatic carbocycles. The molecular weight excluding hydrogens is 582 g/mol. The fraction of sp³-hybridized carbons (Fsp3) is 0.571. The highest BCUT2D eigenvalue weighted by Crippen LogP contribution is 2.67. The Labute approximate surface area is 203 Å². The monoisotopic (exact) mass is 602 g/mol. The van der Waals surface area contributed by atoms with Gasteiger partial charge in [0.2, 0.25) is 11.6 Å². The molecule has 0 aliphatic carbocycles. The van der Waals surface area contributed by atoms with Gasteiger partial charge in [0.15, 0.2) is 17.7 Å². The third-order valence-corrected chi connectivity index (χ3v) is 9.06. The number of nitrogens with one attached hydrogen (secondary N) is 1. The fourth-order valence-electron chi connectivity index (χ4n) is 3.66. The minimum Gasteiger partial charge on any atom is -0.387 e. The van der Waals surface area contributed by atoms with E-state index in [0.29, 0.717) is 10.8 Å². The minimum atomic E-state index is -5.93. The highest BCUT2D eigenvalue weighted by Gasteiger charge is 2.63. The Balaban J connectivity index is 1.98. The Kier molecular flexibility index (Phi) is 7.69. The van der Waals surface area contributed by atoms with Crippen molar-refractivity contribution in [3.05, 3.63) is 22.4 Å². The summed E-state index contributed by atoms with van der Waals surface area (Å²) in [5.74, 6) is -1.79. The second kappa shape index (κ2) is 9.51. The van der Waals surface area contributed by atoms with Crippen molar-refractivity contribution in [2.45, 2.75) is 43.6 Å². The molecule has 1 saturated heterocycles. The number of alkyl halides is 2. The molecule has 2 aromatic rings. The number of phosphoric acid groups is 3. The number of aromatic amines is 1. The first-order chi connectivity index (χ1) is 16.6. The molecule has 3 heterocycles. The molecule has 1 aliphatic heterocycles. The molecule has 3 rings (SSSR count). The summed E-state index contributed by atoms with van der Waals surface area (Å²) in [4.78, 5) is 54.0. The largest absolute Gasteiger partial charge is 0.490 e. The third kappa shape index (κ3) is 6.00. The van der Waals surface area contributed by atoms with Crippen LogP contribution in [0.1, 0.15) is 20.1 Å². The molecule has 1 aliphatic rings. The maximum absolute atomic E-state index is 15.7. The highest BCUT2D eigenvalue weighted by atomic mass is 31.3. The first-order valence-corrected chi connectivity index (χ1v) is 14.1. The van der Waals surface area contributed by atoms with Crippen molar-refractivity contribution >= 4 is 40.4 Å². The van der Waals surface area contributed by atoms with Crippen LogP contribution in [0.25, 0.3) is 11.0 Å². The van der Waals surface area contributed by atoms with Crippen LogP contribution >= 0.6 is 23.5 Å². The van der Waals surface area contributed by atoms with E-state index in [2.05, 4.69) is 18.1 Å². The van der Waals surface area contributed by atoms with Gasteiger partial charge in [0, 0.05) is 6.20 Å². The van der Waals surface area contributed by atoms with Gasteiger partial charge in [-0.25, -0.2) is 26.9 Å². The lowest BCUT2D eigenvalue weighted by Crippen LogP contribution is -2.50. The topological polar surface area (TPSA) is 266 Å². The number of nitrogens with two attached hydrogens (primary N) is 1. The van der Waals surface area contributed by atoms with E-state index < -0.39 is 88.2 Å². The van der Waals surface area contributed by atoms with Crippen LogP contribution in [0, 0.1) is 5.82 Å². The number of nitrogens with zero attached hydrogens (tertiary/aromatic N) is 2. The number of fused-ring (bicyclic) bond motifs is 1. The van der Waals surface area contributed by atoms with Crippen molar-refractivity contribution in [3.8, 4) is 0 Å². The van der Waals surface area contributed by atoms with Crippen molar-refractivity contribution in [1.29, 1.82) is 0 Å². The van der Waals surface area contributed by atoms with Crippen molar-refractivity contribution in [1.82, 2.24) is 14.5 Å². The number of H-pyrrole nitrogens is 1. The van der Waals surface area contributed by atoms with Crippen LogP contribution in [-0.2, 0) is 31.6 Å². The Morgan fingerprint density at radius 3 is 2.38 bits per heavy atom. The number of nitrogen functional groups attached to an aromatic ring is 1. The van der Waals surface area contributed by atoms with E-state index in [-0.39, 0.29) is 0 Å². The average molecular weight is 602 g/mol. The summed E-state index contributed by atoms with van der Waals surface area (Å²) in [6.45, 7) is -0.272. The maximum atomic E-state index is 15.7. The van der Waals surface area contributed by atoms with Crippen LogP contribution in [-0.4, -0.2) is 69.4 Å². The third-order valence-electron chi connectivity index (χ3n) is 5.03. The Morgan fingerprint density at radius 2 is 1.84 bits per heavy atom. The highest BCUT2D eigenvalue weighted by molar-refractivity contribution is 7.66. The van der Waals surface area contributed by atoms with Crippen LogP contribution < -0.4 is 11.3 Å². The van der Waals surface area contributed by atoms with E-state index >= 15 is 4.39 Å². The van der Waals surface area contributed by atoms with Crippen molar-refractivity contribution in [2.75, 3.05) is 12.4 Å². The second-order valence-corrected chi connectivity index (χ2v) is 12.6. The SMILES string of the molecule is CC(C)(OP(=O)(O)OP(=O)(O)OP(=O)(O)O)[C@H]1O[C@@H](n2cc(F)c3c(=O)[nH]c(N)nc32)[C@@](F)(CF)C1O. The summed E-state index contributed by atoms with van der Waals surface area (Å²) in [5, 5.41) is 9.84. The zero-order chi connectivity index (χ0) is 28.4. The quantitative estimate of drug-likeness (QED) is 0.193. The van der Waals surface area contributed by atoms with Gasteiger partial charge in [-0.1, -0.05) is 0 Å². The van der Waals surface area contributed by atoms with Gasteiger partial charge in [-0.05, 0) is 13.8 Å². The average Bonchev–Trinajstić information content (AvgIpc) is 3.12. The van der Waals surface area contributed by atoms with Crippen LogP contribution in [0.15, 0.2) is 11.0 Å². The Morgan fingerprint density at radius 1 is 1.24 bits per heavy atom. The van der Waals surface area contributed by atoms with E-state index in [9.17, 15) is 42.2 Å². The van der Waals surface area contributed by atoms with Crippen LogP contribution in [0.2, 0.25) is 0 Å². The summed E-state index contributed by atoms with van der Waals surface area (Å²) < 4.78 is 96.4. The molecule has 0 saturated carbocycles. The summed E-state index contributed by atoms with van der Waals surface area (Å²) >= 11 is 0. The minimum absolute atomic E-state index is 0.505. The summed E-state index contributed by atoms with van der Waals surface area (Å²) in [5.41, 5.74) is -2.08. The van der Waals surface area contributed by atoms with Gasteiger partial charge in [-0.3, -0.25) is 18.9 Å². The number of ether oxygens (including phenoxy) is 1. The smallest absolute Gasteiger partial charge is 0.387 e. The van der Waals surface area contributed by atoms with E-state index in [0.717, 1.165) is 13.8 Å². The molecule has 6 atom stereocenters. The second-order valence-electron chi connectivity index (χ2n) is 8.23. The van der Waals surface area contributed by atoms with Gasteiger partial charge in [0.1, 0.15) is 29.9 Å². The van der Waals surface area contributed by atoms with E-state index in [1.165, 1.54) is 0 Å². The number of halogens is 3. The summed E-state index contributed by atoms with van der Waals surface area (Å²) in [6.07, 6.45) is -6.42. The summed E-state index contributed by atoms with van der Waals surface area (Å²) in [7, 11) is -17.5. The molecule has 8 N–H and O–H groups in total. The normalized spacial score (nSPS) is 28.3. The number of aliphatic hydroxyl groups is 1. The molecule has 37 heavy (non-hydrogen) atoms. The molecule has 0 radical (unpaired) electrons. The van der Waals surface area contributed by atoms with E-state index in [1.54, 1.807) is 0 Å². The number of hydrogen-bond donors (Lipinski definition) is 7. The lowest BCUT2D eigenvalue weighted by molar-refractivity contribution is -0.118. The zero-order valence-corrected chi connectivity index (χ0v) is 21.1. The van der Waals surface area contributed by atoms with E-state index in [1.807, 2.05) is 4.98 Å². The van der Waals surface area contributed by atoms with Crippen molar-refractivity contribution in [3.63, 3.8) is 0 Å². The van der Waals surface area contributed by atoms with Crippen molar-refractivity contribution < 1.29 is 69.4 Å². The van der Waals surface area contributed by atoms with Crippen LogP contribution in [0.4, 0.5) is 19.1 Å². The number of hydrogen-bond acceptors (Lipinski definition) is 11. The standard InChI is InChI=1S/C14H20F3N4O13P3/c1-13(2,32-36(27,28)34-37(29,30)33-35(24,25)26)8-7(22)14(17,4-15)11(31-8)21-3-5(16)6-9(21)19-12(18)20-10(6)23/h3,7-8,11,22H,4H2,1-2H3,(H,27,28)(H,29,30)(H2,24,25,26)(H3,18,19,20,23)/t7?,8-,11+,14+/m0/s1. The summed E-state index contributed by atoms with van der Waals surface area (Å²) in [6, 6.07) is 0. The first-order valence-electron chi connectivity index (χ1n) is 9.61. The molecule has 0 bridgehead atoms. The Bertz CT molecular complexity index is 1410. The first kappa shape index (κ1) is 29.9. The Hall–Kier alpha value is -1.66. The van der Waals surface area contributed by atoms with Gasteiger partial charge in [-0.2, -0.15) is 13.6 Å². The molecule has 1 fully saturated rings. The van der Waals surface area contributed by atoms with Gasteiger partial charge >= 0.3 is 23.5 Å². The van der Waals surface area contributed by atoms with Crippen LogP contribution in [0.3, 0.4) is 0 Å². The predicted molar refractivity (Wildman–Crippen MR) is 113 cm³/mol. The number of rotatable bonds is 9. The van der Waals surface area contributed by atoms with Gasteiger partial charge in [0.05, 0.1) is 0 Å². The number of aromatic nitrogens is 3. The number of aliphatic hydroxyl groups excluding tert-OH is 1. The fourth-order valence-corrected chi connectivity index (χ4v) is 7.00. The molecule has 0 spiro atoms. The van der Waals surface area contributed by atoms with E-state index in [4.69, 9.17) is 20.3 Å². The van der Waals surface area contributed by atoms with Gasteiger partial charge < -0.3 is 35.2 Å². The number of anilines is 1. The predicted octanol–water partition coefficient (Wildman–Crippen LogP) is 0.504. The molecule has 210 valence electrons. The lowest BCUT2D eigenvalue weighted by atomic mass is 9.89. The van der Waals surface area contributed by atoms with Gasteiger partial charge in [-0.15, -0.1) is 0 Å². The molecular formula is C14H20F3N4O13P3. The molecule has 2 aromatic heterocycles. The number of phosphoric ester groups is 1. The molecule has 17 nitrogen and oxygen atoms in total. The van der Waals surface area contributed by atoms with Gasteiger partial charge in [0.25, 0.3) is 5.56 Å². The van der Waals surface area contributed by atoms with Crippen LogP contribution in [0.5, 0.6) is 0 Å². The maximum Gasteiger partial charge on any atom is 0.490 e. The zero-order valence-electron chi connectivity index (χ0n) is 18.5. The molecule has 23 heteroatoms. The lowest BCUT2D eigenvalue weighted by Gasteiger charge is -2.34.